The average Bonchev–Trinajstić information content (AvgIpc) is 3.51. The number of carbonyl (C=O) groups is 1. The fraction of sp³-hybridized carbons (Fsp3) is 0.360. The van der Waals surface area contributed by atoms with Crippen molar-refractivity contribution >= 4 is 27.0 Å². The lowest BCUT2D eigenvalue weighted by Crippen LogP contribution is -2.31. The Bertz CT molecular complexity index is 1390. The number of hydrogen-bond acceptors (Lipinski definition) is 7. The Morgan fingerprint density at radius 3 is 2.56 bits per heavy atom. The second kappa shape index (κ2) is 9.32. The van der Waals surface area contributed by atoms with Crippen LogP contribution in [0, 0.1) is 0 Å². The van der Waals surface area contributed by atoms with E-state index in [1.54, 1.807) is 0 Å². The first-order valence-electron chi connectivity index (χ1n) is 11.4. The van der Waals surface area contributed by atoms with Gasteiger partial charge in [-0.2, -0.15) is 0 Å². The van der Waals surface area contributed by atoms with E-state index in [4.69, 9.17) is 13.9 Å². The van der Waals surface area contributed by atoms with E-state index >= 15 is 0 Å². The molecule has 1 atom stereocenters. The minimum absolute atomic E-state index is 0.0579. The van der Waals surface area contributed by atoms with Gasteiger partial charge in [-0.15, -0.1) is 0 Å². The van der Waals surface area contributed by atoms with E-state index in [-0.39, 0.29) is 29.7 Å². The molecule has 1 aromatic heterocycles. The van der Waals surface area contributed by atoms with Crippen molar-refractivity contribution in [3.05, 3.63) is 75.1 Å². The van der Waals surface area contributed by atoms with Crippen molar-refractivity contribution in [2.24, 2.45) is 0 Å². The van der Waals surface area contributed by atoms with Gasteiger partial charge in [0.15, 0.2) is 0 Å². The Kier molecular flexibility index (Phi) is 6.24. The Balaban J connectivity index is 1.27. The molecular weight excluding hydrogens is 458 g/mol. The predicted molar refractivity (Wildman–Crippen MR) is 124 cm³/mol. The molecule has 2 aromatic carbocycles. The third-order valence-corrected chi connectivity index (χ3v) is 7.77. The smallest absolute Gasteiger partial charge is 0.338 e. The van der Waals surface area contributed by atoms with E-state index in [0.29, 0.717) is 17.8 Å². The molecule has 3 aromatic rings. The summed E-state index contributed by atoms with van der Waals surface area (Å²) in [6, 6.07) is 10.8. The minimum atomic E-state index is -3.71. The summed E-state index contributed by atoms with van der Waals surface area (Å²) in [5.74, 6) is -0.612. The largest absolute Gasteiger partial charge is 0.457 e. The van der Waals surface area contributed by atoms with Crippen molar-refractivity contribution < 1.29 is 27.1 Å². The van der Waals surface area contributed by atoms with Crippen LogP contribution in [0.3, 0.4) is 0 Å². The number of nitrogens with one attached hydrogen (secondary N) is 1. The molecule has 0 spiro atoms. The lowest BCUT2D eigenvalue weighted by molar-refractivity contribution is 0.0473. The summed E-state index contributed by atoms with van der Waals surface area (Å²) in [6.07, 6.45) is 4.64. The van der Waals surface area contributed by atoms with Gasteiger partial charge < -0.3 is 13.9 Å². The maximum atomic E-state index is 12.6. The molecule has 0 amide bonds. The molecular formula is C25H25NO7S. The molecule has 5 rings (SSSR count). The fourth-order valence-electron chi connectivity index (χ4n) is 4.50. The first-order valence-corrected chi connectivity index (χ1v) is 12.8. The van der Waals surface area contributed by atoms with Gasteiger partial charge in [0.2, 0.25) is 10.0 Å². The van der Waals surface area contributed by atoms with Crippen molar-refractivity contribution in [3.8, 4) is 0 Å². The molecule has 8 nitrogen and oxygen atoms in total. The van der Waals surface area contributed by atoms with Gasteiger partial charge in [-0.25, -0.2) is 22.7 Å². The van der Waals surface area contributed by atoms with Gasteiger partial charge in [-0.05, 0) is 79.6 Å². The fourth-order valence-corrected chi connectivity index (χ4v) is 5.57. The highest BCUT2D eigenvalue weighted by molar-refractivity contribution is 7.89. The van der Waals surface area contributed by atoms with Crippen LogP contribution in [0.15, 0.2) is 56.6 Å². The molecule has 2 aliphatic rings. The maximum absolute atomic E-state index is 12.6. The molecule has 9 heteroatoms. The highest BCUT2D eigenvalue weighted by Gasteiger charge is 2.21. The van der Waals surface area contributed by atoms with Crippen LogP contribution in [0.4, 0.5) is 0 Å². The first-order chi connectivity index (χ1) is 16.4. The van der Waals surface area contributed by atoms with Crippen LogP contribution >= 0.6 is 0 Å². The van der Waals surface area contributed by atoms with Gasteiger partial charge in [0.1, 0.15) is 12.2 Å². The molecule has 1 aliphatic heterocycles. The molecule has 34 heavy (non-hydrogen) atoms. The van der Waals surface area contributed by atoms with Gasteiger partial charge in [0, 0.05) is 30.2 Å². The van der Waals surface area contributed by atoms with E-state index in [1.807, 2.05) is 12.1 Å². The summed E-state index contributed by atoms with van der Waals surface area (Å²) < 4.78 is 43.8. The first kappa shape index (κ1) is 22.8. The monoisotopic (exact) mass is 483 g/mol. The number of hydrogen-bond donors (Lipinski definition) is 1. The molecule has 1 saturated heterocycles. The minimum Gasteiger partial charge on any atom is -0.457 e. The van der Waals surface area contributed by atoms with Gasteiger partial charge >= 0.3 is 11.6 Å². The van der Waals surface area contributed by atoms with Crippen molar-refractivity contribution in [1.82, 2.24) is 4.72 Å². The number of esters is 1. The molecule has 0 saturated carbocycles. The van der Waals surface area contributed by atoms with Gasteiger partial charge in [0.05, 0.1) is 16.6 Å². The summed E-state index contributed by atoms with van der Waals surface area (Å²) in [4.78, 5) is 24.6. The van der Waals surface area contributed by atoms with Crippen LogP contribution in [0.2, 0.25) is 0 Å². The zero-order chi connectivity index (χ0) is 23.7. The second-order valence-corrected chi connectivity index (χ2v) is 10.4. The summed E-state index contributed by atoms with van der Waals surface area (Å²) in [5.41, 5.74) is 3.19. The maximum Gasteiger partial charge on any atom is 0.338 e. The van der Waals surface area contributed by atoms with Crippen LogP contribution in [0.5, 0.6) is 0 Å². The number of carbonyl (C=O) groups excluding carboxylic acids is 1. The van der Waals surface area contributed by atoms with Gasteiger partial charge in [0.25, 0.3) is 0 Å². The third kappa shape index (κ3) is 4.77. The lowest BCUT2D eigenvalue weighted by Gasteiger charge is -2.12. The summed E-state index contributed by atoms with van der Waals surface area (Å²) >= 11 is 0. The predicted octanol–water partition coefficient (Wildman–Crippen LogP) is 3.10. The number of sulfonamides is 1. The standard InChI is InChI=1S/C25H25NO7S/c27-24-13-19(22-11-17-3-1-4-18(17)12-23(22)33-24)15-32-25(28)16-6-8-21(9-7-16)34(29,30)26-14-20-5-2-10-31-20/h6-9,11-13,20,26H,1-5,10,14-15H2/t20-/m0/s1. The van der Waals surface area contributed by atoms with E-state index < -0.39 is 21.6 Å². The van der Waals surface area contributed by atoms with Crippen LogP contribution in [0.1, 0.15) is 46.3 Å². The quantitative estimate of drug-likeness (QED) is 0.406. The Morgan fingerprint density at radius 1 is 1.06 bits per heavy atom. The molecule has 0 unspecified atom stereocenters. The van der Waals surface area contributed by atoms with Crippen LogP contribution < -0.4 is 10.3 Å². The average molecular weight is 484 g/mol. The third-order valence-electron chi connectivity index (χ3n) is 6.33. The van der Waals surface area contributed by atoms with Crippen LogP contribution in [0.25, 0.3) is 11.0 Å². The zero-order valence-corrected chi connectivity index (χ0v) is 19.4. The number of benzene rings is 2. The zero-order valence-electron chi connectivity index (χ0n) is 18.5. The molecule has 1 N–H and O–H groups in total. The Morgan fingerprint density at radius 2 is 1.82 bits per heavy atom. The molecule has 0 bridgehead atoms. The topological polar surface area (TPSA) is 112 Å². The van der Waals surface area contributed by atoms with E-state index in [9.17, 15) is 18.0 Å². The highest BCUT2D eigenvalue weighted by atomic mass is 32.2. The van der Waals surface area contributed by atoms with Gasteiger partial charge in [-0.3, -0.25) is 0 Å². The van der Waals surface area contributed by atoms with Crippen molar-refractivity contribution in [1.29, 1.82) is 0 Å². The van der Waals surface area contributed by atoms with Crippen molar-refractivity contribution in [2.75, 3.05) is 13.2 Å². The number of aryl methyl sites for hydroxylation is 2. The summed E-state index contributed by atoms with van der Waals surface area (Å²) in [5, 5.41) is 0.756. The summed E-state index contributed by atoms with van der Waals surface area (Å²) in [7, 11) is -3.71. The summed E-state index contributed by atoms with van der Waals surface area (Å²) in [6.45, 7) is 0.770. The van der Waals surface area contributed by atoms with Crippen LogP contribution in [-0.4, -0.2) is 33.6 Å². The number of rotatable bonds is 7. The molecule has 2 heterocycles. The lowest BCUT2D eigenvalue weighted by atomic mass is 10.0. The molecule has 178 valence electrons. The van der Waals surface area contributed by atoms with Crippen molar-refractivity contribution in [2.45, 2.75) is 49.7 Å². The normalized spacial score (nSPS) is 17.7. The highest BCUT2D eigenvalue weighted by Crippen LogP contribution is 2.29. The van der Waals surface area contributed by atoms with Gasteiger partial charge in [-0.1, -0.05) is 0 Å². The molecule has 0 radical (unpaired) electrons. The Hall–Kier alpha value is -3.01. The second-order valence-electron chi connectivity index (χ2n) is 8.65. The number of fused-ring (bicyclic) bond motifs is 2. The SMILES string of the molecule is O=C(OCc1cc(=O)oc2cc3c(cc12)CCC3)c1ccc(S(=O)(=O)NC[C@@H]2CCCO2)cc1. The molecule has 1 aliphatic carbocycles. The number of ether oxygens (including phenoxy) is 2. The van der Waals surface area contributed by atoms with E-state index in [0.717, 1.165) is 37.5 Å². The van der Waals surface area contributed by atoms with Crippen LogP contribution in [-0.2, 0) is 38.9 Å². The van der Waals surface area contributed by atoms with E-state index in [1.165, 1.54) is 41.5 Å². The van der Waals surface area contributed by atoms with E-state index in [2.05, 4.69) is 4.72 Å². The Labute approximate surface area is 196 Å². The van der Waals surface area contributed by atoms with Crippen molar-refractivity contribution in [3.63, 3.8) is 0 Å². The molecule has 1 fully saturated rings.